The van der Waals surface area contributed by atoms with Gasteiger partial charge in [-0.05, 0) is 20.3 Å². The van der Waals surface area contributed by atoms with Gasteiger partial charge in [0.15, 0.2) is 10.8 Å². The molecule has 1 aromatic heterocycles. The van der Waals surface area contributed by atoms with Crippen molar-refractivity contribution in [1.29, 1.82) is 0 Å². The van der Waals surface area contributed by atoms with Crippen LogP contribution in [0.3, 0.4) is 0 Å². The number of esters is 1. The minimum Gasteiger partial charge on any atom is -0.461 e. The van der Waals surface area contributed by atoms with Crippen LogP contribution in [-0.2, 0) is 4.74 Å². The lowest BCUT2D eigenvalue weighted by atomic mass is 10.1. The molecular formula is C13H22N2O2S. The molecule has 0 aromatic carbocycles. The summed E-state index contributed by atoms with van der Waals surface area (Å²) in [6, 6.07) is 0.387. The number of nitrogens with one attached hydrogen (secondary N) is 1. The monoisotopic (exact) mass is 270 g/mol. The van der Waals surface area contributed by atoms with Crippen molar-refractivity contribution < 1.29 is 9.53 Å². The van der Waals surface area contributed by atoms with Crippen molar-refractivity contribution in [1.82, 2.24) is 4.98 Å². The topological polar surface area (TPSA) is 51.2 Å². The third-order valence-corrected chi connectivity index (χ3v) is 3.37. The molecule has 0 saturated heterocycles. The Hall–Kier alpha value is -1.10. The Morgan fingerprint density at radius 2 is 2.28 bits per heavy atom. The van der Waals surface area contributed by atoms with E-state index in [1.807, 2.05) is 0 Å². The predicted octanol–water partition coefficient (Wildman–Crippen LogP) is 3.70. The summed E-state index contributed by atoms with van der Waals surface area (Å²) in [4.78, 5) is 15.7. The maximum Gasteiger partial charge on any atom is 0.357 e. The van der Waals surface area contributed by atoms with E-state index < -0.39 is 0 Å². The molecule has 0 aliphatic rings. The number of anilines is 1. The van der Waals surface area contributed by atoms with Crippen molar-refractivity contribution in [3.8, 4) is 0 Å². The minimum atomic E-state index is -0.347. The summed E-state index contributed by atoms with van der Waals surface area (Å²) in [5.74, 6) is -0.347. The lowest BCUT2D eigenvalue weighted by Gasteiger charge is -2.11. The van der Waals surface area contributed by atoms with Gasteiger partial charge in [0.05, 0.1) is 6.61 Å². The summed E-state index contributed by atoms with van der Waals surface area (Å²) in [5, 5.41) is 5.85. The first kappa shape index (κ1) is 15.0. The fourth-order valence-corrected chi connectivity index (χ4v) is 2.41. The van der Waals surface area contributed by atoms with Crippen LogP contribution in [0, 0.1) is 0 Å². The highest BCUT2D eigenvalue weighted by atomic mass is 32.1. The van der Waals surface area contributed by atoms with E-state index in [0.717, 1.165) is 11.6 Å². The zero-order chi connectivity index (χ0) is 13.4. The molecule has 0 bridgehead atoms. The van der Waals surface area contributed by atoms with Gasteiger partial charge in [0.1, 0.15) is 0 Å². The summed E-state index contributed by atoms with van der Waals surface area (Å²) in [6.45, 7) is 6.51. The number of hydrogen-bond acceptors (Lipinski definition) is 5. The zero-order valence-corrected chi connectivity index (χ0v) is 12.2. The van der Waals surface area contributed by atoms with Gasteiger partial charge < -0.3 is 10.1 Å². The van der Waals surface area contributed by atoms with Crippen LogP contribution < -0.4 is 5.32 Å². The normalized spacial score (nSPS) is 12.2. The molecule has 1 rings (SSSR count). The second-order valence-electron chi connectivity index (χ2n) is 4.30. The van der Waals surface area contributed by atoms with Crippen molar-refractivity contribution in [3.05, 3.63) is 11.1 Å². The van der Waals surface area contributed by atoms with Crippen molar-refractivity contribution >= 4 is 22.4 Å². The SMILES string of the molecule is CCCCCC(C)Nc1nc(C(=O)OCC)cs1. The number of aromatic nitrogens is 1. The van der Waals surface area contributed by atoms with E-state index in [2.05, 4.69) is 24.1 Å². The van der Waals surface area contributed by atoms with Crippen LogP contribution in [0.15, 0.2) is 5.38 Å². The molecule has 1 atom stereocenters. The summed E-state index contributed by atoms with van der Waals surface area (Å²) >= 11 is 1.45. The molecule has 0 spiro atoms. The fourth-order valence-electron chi connectivity index (χ4n) is 1.62. The first-order chi connectivity index (χ1) is 8.67. The van der Waals surface area contributed by atoms with Gasteiger partial charge in [-0.3, -0.25) is 0 Å². The summed E-state index contributed by atoms with van der Waals surface area (Å²) in [5.41, 5.74) is 0.394. The molecule has 1 heterocycles. The third-order valence-electron chi connectivity index (χ3n) is 2.60. The van der Waals surface area contributed by atoms with Gasteiger partial charge >= 0.3 is 5.97 Å². The van der Waals surface area contributed by atoms with E-state index in [1.54, 1.807) is 12.3 Å². The Labute approximate surface area is 113 Å². The van der Waals surface area contributed by atoms with E-state index in [-0.39, 0.29) is 5.97 Å². The molecule has 0 amide bonds. The molecule has 0 radical (unpaired) electrons. The van der Waals surface area contributed by atoms with E-state index in [4.69, 9.17) is 4.74 Å². The lowest BCUT2D eigenvalue weighted by molar-refractivity contribution is 0.0520. The quantitative estimate of drug-likeness (QED) is 0.578. The third kappa shape index (κ3) is 5.04. The molecular weight excluding hydrogens is 248 g/mol. The Kier molecular flexibility index (Phi) is 6.72. The van der Waals surface area contributed by atoms with Crippen LogP contribution >= 0.6 is 11.3 Å². The largest absolute Gasteiger partial charge is 0.461 e. The average Bonchev–Trinajstić information content (AvgIpc) is 2.78. The number of thiazole rings is 1. The van der Waals surface area contributed by atoms with Crippen molar-refractivity contribution in [2.45, 2.75) is 52.5 Å². The molecule has 1 unspecified atom stereocenters. The number of unbranched alkanes of at least 4 members (excludes halogenated alkanes) is 2. The highest BCUT2D eigenvalue weighted by molar-refractivity contribution is 7.13. The van der Waals surface area contributed by atoms with Gasteiger partial charge in [-0.15, -0.1) is 11.3 Å². The van der Waals surface area contributed by atoms with E-state index >= 15 is 0 Å². The molecule has 4 nitrogen and oxygen atoms in total. The number of carbonyl (C=O) groups excluding carboxylic acids is 1. The van der Waals surface area contributed by atoms with Crippen LogP contribution in [0.2, 0.25) is 0 Å². The maximum atomic E-state index is 11.4. The van der Waals surface area contributed by atoms with Gasteiger partial charge in [0, 0.05) is 11.4 Å². The van der Waals surface area contributed by atoms with Crippen molar-refractivity contribution in [2.75, 3.05) is 11.9 Å². The fraction of sp³-hybridized carbons (Fsp3) is 0.692. The molecule has 0 aliphatic carbocycles. The van der Waals surface area contributed by atoms with E-state index in [1.165, 1.54) is 30.6 Å². The number of ether oxygens (including phenoxy) is 1. The molecule has 102 valence electrons. The number of rotatable bonds is 8. The Morgan fingerprint density at radius 3 is 2.94 bits per heavy atom. The first-order valence-corrected chi connectivity index (χ1v) is 7.44. The highest BCUT2D eigenvalue weighted by Gasteiger charge is 2.12. The number of hydrogen-bond donors (Lipinski definition) is 1. The lowest BCUT2D eigenvalue weighted by Crippen LogP contribution is -2.15. The van der Waals surface area contributed by atoms with Crippen molar-refractivity contribution in [3.63, 3.8) is 0 Å². The van der Waals surface area contributed by atoms with E-state index in [0.29, 0.717) is 18.3 Å². The zero-order valence-electron chi connectivity index (χ0n) is 11.4. The average molecular weight is 270 g/mol. The number of carbonyl (C=O) groups is 1. The Morgan fingerprint density at radius 1 is 1.50 bits per heavy atom. The summed E-state index contributed by atoms with van der Waals surface area (Å²) in [7, 11) is 0. The molecule has 0 saturated carbocycles. The maximum absolute atomic E-state index is 11.4. The molecule has 0 fully saturated rings. The predicted molar refractivity (Wildman–Crippen MR) is 75.3 cm³/mol. The van der Waals surface area contributed by atoms with Crippen LogP contribution in [-0.4, -0.2) is 23.6 Å². The second-order valence-corrected chi connectivity index (χ2v) is 5.16. The van der Waals surface area contributed by atoms with Crippen molar-refractivity contribution in [2.24, 2.45) is 0 Å². The van der Waals surface area contributed by atoms with Gasteiger partial charge in [-0.25, -0.2) is 9.78 Å². The standard InChI is InChI=1S/C13H22N2O2S/c1-4-6-7-8-10(3)14-13-15-11(9-18-13)12(16)17-5-2/h9-10H,4-8H2,1-3H3,(H,14,15). The summed E-state index contributed by atoms with van der Waals surface area (Å²) in [6.07, 6.45) is 4.85. The second kappa shape index (κ2) is 8.08. The van der Waals surface area contributed by atoms with Crippen LogP contribution in [0.25, 0.3) is 0 Å². The van der Waals surface area contributed by atoms with E-state index in [9.17, 15) is 4.79 Å². The Balaban J connectivity index is 2.41. The summed E-state index contributed by atoms with van der Waals surface area (Å²) < 4.78 is 4.90. The molecule has 18 heavy (non-hydrogen) atoms. The van der Waals surface area contributed by atoms with Crippen LogP contribution in [0.1, 0.15) is 56.9 Å². The van der Waals surface area contributed by atoms with Gasteiger partial charge in [-0.2, -0.15) is 0 Å². The molecule has 1 aromatic rings. The highest BCUT2D eigenvalue weighted by Crippen LogP contribution is 2.18. The van der Waals surface area contributed by atoms with Gasteiger partial charge in [0.2, 0.25) is 0 Å². The smallest absolute Gasteiger partial charge is 0.357 e. The molecule has 5 heteroatoms. The van der Waals surface area contributed by atoms with Crippen LogP contribution in [0.5, 0.6) is 0 Å². The molecule has 1 N–H and O–H groups in total. The first-order valence-electron chi connectivity index (χ1n) is 6.56. The minimum absolute atomic E-state index is 0.347. The Bertz CT molecular complexity index is 366. The van der Waals surface area contributed by atoms with Crippen LogP contribution in [0.4, 0.5) is 5.13 Å². The molecule has 0 aliphatic heterocycles. The van der Waals surface area contributed by atoms with Gasteiger partial charge in [0.25, 0.3) is 0 Å². The number of nitrogens with zero attached hydrogens (tertiary/aromatic N) is 1. The van der Waals surface area contributed by atoms with Gasteiger partial charge in [-0.1, -0.05) is 26.2 Å².